The van der Waals surface area contributed by atoms with Gasteiger partial charge in [-0.2, -0.15) is 4.39 Å². The molecule has 2 aromatic heterocycles. The summed E-state index contributed by atoms with van der Waals surface area (Å²) in [6.45, 7) is 3.66. The molecular weight excluding hydrogens is 629 g/mol. The molecule has 2 heterocycles. The number of halogens is 2. The highest BCUT2D eigenvalue weighted by Crippen LogP contribution is 2.28. The van der Waals surface area contributed by atoms with Gasteiger partial charge in [0.1, 0.15) is 12.4 Å². The van der Waals surface area contributed by atoms with Gasteiger partial charge in [0.05, 0.1) is 15.9 Å². The molecule has 5 rings (SSSR count). The van der Waals surface area contributed by atoms with Crippen molar-refractivity contribution >= 4 is 40.6 Å². The quantitative estimate of drug-likeness (QED) is 0.112. The van der Waals surface area contributed by atoms with Crippen molar-refractivity contribution in [3.05, 3.63) is 132 Å². The molecule has 1 amide bonds. The van der Waals surface area contributed by atoms with Crippen LogP contribution in [0.2, 0.25) is 5.02 Å². The van der Waals surface area contributed by atoms with Crippen LogP contribution in [0.25, 0.3) is 5.69 Å². The molecule has 232 valence electrons. The molecular formula is C29H25ClFN7O6S. The van der Waals surface area contributed by atoms with Gasteiger partial charge in [0.25, 0.3) is 11.2 Å². The van der Waals surface area contributed by atoms with Crippen LogP contribution in [0.15, 0.2) is 93.7 Å². The van der Waals surface area contributed by atoms with Gasteiger partial charge >= 0.3 is 5.69 Å². The molecule has 3 N–H and O–H groups in total. The first-order valence-corrected chi connectivity index (χ1v) is 14.4. The highest BCUT2D eigenvalue weighted by atomic mass is 35.5. The van der Waals surface area contributed by atoms with Crippen molar-refractivity contribution in [2.24, 2.45) is 0 Å². The van der Waals surface area contributed by atoms with Crippen LogP contribution in [0.1, 0.15) is 18.3 Å². The summed E-state index contributed by atoms with van der Waals surface area (Å²) in [5.41, 5.74) is 0.135. The number of aromatic amines is 2. The summed E-state index contributed by atoms with van der Waals surface area (Å²) in [5.74, 6) is -0.114. The molecule has 0 radical (unpaired) electrons. The molecule has 0 bridgehead atoms. The summed E-state index contributed by atoms with van der Waals surface area (Å²) in [4.78, 5) is 47.6. The number of H-pyrrole nitrogens is 2. The number of rotatable bonds is 9. The summed E-state index contributed by atoms with van der Waals surface area (Å²) in [7, 11) is 0. The van der Waals surface area contributed by atoms with Crippen LogP contribution in [-0.2, 0) is 11.4 Å². The van der Waals surface area contributed by atoms with Gasteiger partial charge in [-0.1, -0.05) is 47.6 Å². The highest BCUT2D eigenvalue weighted by molar-refractivity contribution is 8.00. The van der Waals surface area contributed by atoms with E-state index in [9.17, 15) is 28.9 Å². The molecule has 0 spiro atoms. The molecule has 0 fully saturated rings. The summed E-state index contributed by atoms with van der Waals surface area (Å²) >= 11 is 7.17. The standard InChI is InChI=1S/C25H22ClN5O4S.C4H3FN2O2/c1-16-8-11-20(31(33)34)14-22(16)27-24(32)17(2)36-25-29-28-23(30(25)19-6-4-3-5-7-19)15-35-21-12-9-18(26)10-13-21;5-2-1-6-4(9)7-3(2)8/h3-14,17H,15H2,1-2H3,(H,27,32);1H,(H2,6,7,8,9). The van der Waals surface area contributed by atoms with Crippen molar-refractivity contribution in [1.29, 1.82) is 0 Å². The number of carbonyl (C=O) groups is 1. The Morgan fingerprint density at radius 1 is 1.13 bits per heavy atom. The Labute approximate surface area is 263 Å². The Morgan fingerprint density at radius 3 is 2.49 bits per heavy atom. The number of para-hydroxylation sites is 1. The molecule has 45 heavy (non-hydrogen) atoms. The first kappa shape index (κ1) is 32.6. The second-order valence-electron chi connectivity index (χ2n) is 9.24. The van der Waals surface area contributed by atoms with Crippen molar-refractivity contribution in [2.45, 2.75) is 30.9 Å². The number of aryl methyl sites for hydroxylation is 1. The van der Waals surface area contributed by atoms with Crippen LogP contribution >= 0.6 is 23.4 Å². The Kier molecular flexibility index (Phi) is 10.8. The van der Waals surface area contributed by atoms with E-state index >= 15 is 0 Å². The summed E-state index contributed by atoms with van der Waals surface area (Å²) in [5, 5.41) is 23.1. The van der Waals surface area contributed by atoms with Gasteiger partial charge in [0.2, 0.25) is 11.7 Å². The molecule has 0 saturated carbocycles. The minimum Gasteiger partial charge on any atom is -0.486 e. The van der Waals surface area contributed by atoms with Crippen LogP contribution in [0.5, 0.6) is 5.75 Å². The second kappa shape index (κ2) is 14.9. The largest absolute Gasteiger partial charge is 0.486 e. The van der Waals surface area contributed by atoms with E-state index in [0.29, 0.717) is 33.6 Å². The van der Waals surface area contributed by atoms with E-state index in [4.69, 9.17) is 16.3 Å². The predicted octanol–water partition coefficient (Wildman–Crippen LogP) is 5.04. The number of thioether (sulfide) groups is 1. The van der Waals surface area contributed by atoms with Crippen LogP contribution in [-0.4, -0.2) is 40.8 Å². The summed E-state index contributed by atoms with van der Waals surface area (Å²) in [6.07, 6.45) is 0.709. The molecule has 0 aliphatic rings. The van der Waals surface area contributed by atoms with Crippen molar-refractivity contribution in [3.8, 4) is 11.4 Å². The number of aromatic nitrogens is 5. The number of hydrogen-bond acceptors (Lipinski definition) is 9. The Hall–Kier alpha value is -5.28. The lowest BCUT2D eigenvalue weighted by Crippen LogP contribution is -2.23. The lowest BCUT2D eigenvalue weighted by atomic mass is 10.2. The summed E-state index contributed by atoms with van der Waals surface area (Å²) in [6, 6.07) is 20.9. The maximum atomic E-state index is 12.9. The normalized spacial score (nSPS) is 11.2. The number of nitrogens with one attached hydrogen (secondary N) is 3. The molecule has 0 saturated heterocycles. The second-order valence-corrected chi connectivity index (χ2v) is 11.0. The topological polar surface area (TPSA) is 178 Å². The van der Waals surface area contributed by atoms with Crippen LogP contribution in [0.3, 0.4) is 0 Å². The van der Waals surface area contributed by atoms with Crippen molar-refractivity contribution < 1.29 is 18.8 Å². The van der Waals surface area contributed by atoms with E-state index < -0.39 is 27.2 Å². The third-order valence-corrected chi connectivity index (χ3v) is 7.31. The smallest absolute Gasteiger partial charge is 0.325 e. The maximum Gasteiger partial charge on any atom is 0.325 e. The zero-order valence-electron chi connectivity index (χ0n) is 23.7. The molecule has 16 heteroatoms. The van der Waals surface area contributed by atoms with Crippen LogP contribution in [0.4, 0.5) is 15.8 Å². The average Bonchev–Trinajstić information content (AvgIpc) is 3.42. The number of nitro groups is 1. The molecule has 0 aliphatic carbocycles. The minimum absolute atomic E-state index is 0.0923. The number of hydrogen-bond donors (Lipinski definition) is 3. The molecule has 0 aliphatic heterocycles. The third kappa shape index (κ3) is 8.87. The monoisotopic (exact) mass is 653 g/mol. The first-order valence-electron chi connectivity index (χ1n) is 13.1. The molecule has 13 nitrogen and oxygen atoms in total. The van der Waals surface area contributed by atoms with Crippen molar-refractivity contribution in [1.82, 2.24) is 24.7 Å². The highest BCUT2D eigenvalue weighted by Gasteiger charge is 2.22. The van der Waals surface area contributed by atoms with E-state index in [-0.39, 0.29) is 18.2 Å². The van der Waals surface area contributed by atoms with Gasteiger partial charge in [-0.3, -0.25) is 29.3 Å². The number of anilines is 1. The lowest BCUT2D eigenvalue weighted by molar-refractivity contribution is -0.384. The fraction of sp³-hybridized carbons (Fsp3) is 0.138. The number of amides is 1. The van der Waals surface area contributed by atoms with Crippen molar-refractivity contribution in [2.75, 3.05) is 5.32 Å². The van der Waals surface area contributed by atoms with Gasteiger partial charge in [0, 0.05) is 29.0 Å². The number of non-ortho nitro benzene ring substituents is 1. The van der Waals surface area contributed by atoms with Crippen LogP contribution in [0, 0.1) is 22.9 Å². The fourth-order valence-electron chi connectivity index (χ4n) is 3.68. The number of benzene rings is 3. The van der Waals surface area contributed by atoms with Gasteiger partial charge in [-0.05, 0) is 55.8 Å². The third-order valence-electron chi connectivity index (χ3n) is 6.01. The van der Waals surface area contributed by atoms with E-state index in [1.165, 1.54) is 23.9 Å². The number of carbonyl (C=O) groups excluding carboxylic acids is 1. The fourth-order valence-corrected chi connectivity index (χ4v) is 4.70. The first-order chi connectivity index (χ1) is 21.5. The SMILES string of the molecule is Cc1ccc([N+](=O)[O-])cc1NC(=O)C(C)Sc1nnc(COc2ccc(Cl)cc2)n1-c1ccccc1.O=c1[nH]cc(F)c(=O)[nH]1. The maximum absolute atomic E-state index is 12.9. The van der Waals surface area contributed by atoms with E-state index in [1.54, 1.807) is 49.2 Å². The molecule has 5 aromatic rings. The number of nitro benzene ring substituents is 1. The molecule has 1 atom stereocenters. The van der Waals surface area contributed by atoms with Gasteiger partial charge < -0.3 is 15.0 Å². The Balaban J connectivity index is 0.000000440. The zero-order chi connectivity index (χ0) is 32.5. The molecule has 3 aromatic carbocycles. The van der Waals surface area contributed by atoms with Crippen molar-refractivity contribution in [3.63, 3.8) is 0 Å². The van der Waals surface area contributed by atoms with Gasteiger partial charge in [-0.25, -0.2) is 4.79 Å². The number of ether oxygens (including phenoxy) is 1. The Morgan fingerprint density at radius 2 is 1.84 bits per heavy atom. The zero-order valence-corrected chi connectivity index (χ0v) is 25.3. The minimum atomic E-state index is -1.00. The van der Waals surface area contributed by atoms with E-state index in [2.05, 4.69) is 15.5 Å². The predicted molar refractivity (Wildman–Crippen MR) is 167 cm³/mol. The van der Waals surface area contributed by atoms with E-state index in [0.717, 1.165) is 11.3 Å². The summed E-state index contributed by atoms with van der Waals surface area (Å²) < 4.78 is 19.7. The van der Waals surface area contributed by atoms with Gasteiger partial charge in [-0.15, -0.1) is 10.2 Å². The van der Waals surface area contributed by atoms with Crippen LogP contribution < -0.4 is 21.3 Å². The average molecular weight is 654 g/mol. The van der Waals surface area contributed by atoms with E-state index in [1.807, 2.05) is 39.9 Å². The van der Waals surface area contributed by atoms with Gasteiger partial charge in [0.15, 0.2) is 11.0 Å². The Bertz CT molecular complexity index is 1920. The lowest BCUT2D eigenvalue weighted by Gasteiger charge is -2.15. The molecule has 1 unspecified atom stereocenters. The number of nitrogens with zero attached hydrogens (tertiary/aromatic N) is 4.